The highest BCUT2D eigenvalue weighted by Gasteiger charge is 2.11. The number of unbranched alkanes of at least 4 members (excludes halogenated alkanes) is 1. The molecule has 0 atom stereocenters. The van der Waals surface area contributed by atoms with Crippen LogP contribution in [0, 0.1) is 25.2 Å². The van der Waals surface area contributed by atoms with E-state index >= 15 is 0 Å². The Morgan fingerprint density at radius 2 is 2.12 bits per heavy atom. The number of nitrogens with zero attached hydrogens (tertiary/aromatic N) is 1. The lowest BCUT2D eigenvalue weighted by atomic mass is 9.99. The second-order valence-electron chi connectivity index (χ2n) is 3.82. The summed E-state index contributed by atoms with van der Waals surface area (Å²) >= 11 is 6.20. The van der Waals surface area contributed by atoms with Crippen molar-refractivity contribution in [2.24, 2.45) is 0 Å². The van der Waals surface area contributed by atoms with Crippen molar-refractivity contribution < 1.29 is 4.74 Å². The molecule has 0 aliphatic heterocycles. The van der Waals surface area contributed by atoms with Crippen LogP contribution in [0.1, 0.15) is 29.5 Å². The summed E-state index contributed by atoms with van der Waals surface area (Å²) < 4.78 is 5.35. The van der Waals surface area contributed by atoms with Crippen LogP contribution in [-0.4, -0.2) is 7.11 Å². The summed E-state index contributed by atoms with van der Waals surface area (Å²) in [6.07, 6.45) is 2.24. The number of nitriles is 1. The van der Waals surface area contributed by atoms with E-state index in [9.17, 15) is 0 Å². The molecule has 0 unspecified atom stereocenters. The van der Waals surface area contributed by atoms with E-state index in [2.05, 4.69) is 6.07 Å². The Hall–Kier alpha value is -1.20. The third kappa shape index (κ3) is 2.68. The van der Waals surface area contributed by atoms with E-state index in [-0.39, 0.29) is 0 Å². The third-order valence-electron chi connectivity index (χ3n) is 2.71. The van der Waals surface area contributed by atoms with E-state index in [1.165, 1.54) is 0 Å². The fraction of sp³-hybridized carbons (Fsp3) is 0.462. The molecule has 0 amide bonds. The summed E-state index contributed by atoms with van der Waals surface area (Å²) in [7, 11) is 1.66. The van der Waals surface area contributed by atoms with E-state index < -0.39 is 0 Å². The first-order valence-electron chi connectivity index (χ1n) is 5.31. The van der Waals surface area contributed by atoms with Crippen LogP contribution in [0.3, 0.4) is 0 Å². The maximum absolute atomic E-state index is 8.53. The highest BCUT2D eigenvalue weighted by molar-refractivity contribution is 6.32. The van der Waals surface area contributed by atoms with Gasteiger partial charge in [-0.25, -0.2) is 0 Å². The molecule has 0 aliphatic rings. The van der Waals surface area contributed by atoms with Crippen molar-refractivity contribution in [1.82, 2.24) is 0 Å². The quantitative estimate of drug-likeness (QED) is 0.746. The molecule has 1 aromatic carbocycles. The molecule has 0 saturated heterocycles. The maximum atomic E-state index is 8.53. The summed E-state index contributed by atoms with van der Waals surface area (Å²) in [6, 6.07) is 4.10. The summed E-state index contributed by atoms with van der Waals surface area (Å²) in [5.41, 5.74) is 3.21. The van der Waals surface area contributed by atoms with Crippen LogP contribution >= 0.6 is 11.6 Å². The van der Waals surface area contributed by atoms with E-state index in [0.717, 1.165) is 40.3 Å². The highest BCUT2D eigenvalue weighted by atomic mass is 35.5. The first-order valence-corrected chi connectivity index (χ1v) is 5.69. The molecule has 1 aromatic rings. The molecule has 0 N–H and O–H groups in total. The van der Waals surface area contributed by atoms with Crippen LogP contribution in [0.5, 0.6) is 5.75 Å². The molecule has 0 aliphatic carbocycles. The van der Waals surface area contributed by atoms with Crippen LogP contribution in [0.25, 0.3) is 0 Å². The number of benzene rings is 1. The van der Waals surface area contributed by atoms with Crippen LogP contribution in [-0.2, 0) is 6.42 Å². The number of halogens is 1. The van der Waals surface area contributed by atoms with Gasteiger partial charge in [-0.2, -0.15) is 5.26 Å². The largest absolute Gasteiger partial charge is 0.496 e. The van der Waals surface area contributed by atoms with Gasteiger partial charge < -0.3 is 4.74 Å². The Balaban J connectivity index is 3.05. The zero-order valence-electron chi connectivity index (χ0n) is 9.93. The van der Waals surface area contributed by atoms with Crippen LogP contribution in [0.2, 0.25) is 5.02 Å². The second kappa shape index (κ2) is 5.77. The number of hydrogen-bond acceptors (Lipinski definition) is 2. The van der Waals surface area contributed by atoms with Gasteiger partial charge in [0, 0.05) is 11.4 Å². The third-order valence-corrected chi connectivity index (χ3v) is 3.29. The molecule has 0 radical (unpaired) electrons. The lowest BCUT2D eigenvalue weighted by Crippen LogP contribution is -1.98. The fourth-order valence-corrected chi connectivity index (χ4v) is 1.97. The molecule has 0 heterocycles. The Kier molecular flexibility index (Phi) is 4.64. The van der Waals surface area contributed by atoms with Crippen LogP contribution in [0.4, 0.5) is 0 Å². The maximum Gasteiger partial charge on any atom is 0.122 e. The predicted octanol–water partition coefficient (Wildman–Crippen LogP) is 3.81. The monoisotopic (exact) mass is 237 g/mol. The zero-order valence-corrected chi connectivity index (χ0v) is 10.7. The topological polar surface area (TPSA) is 33.0 Å². The molecule has 3 heteroatoms. The molecule has 0 spiro atoms. The van der Waals surface area contributed by atoms with Gasteiger partial charge in [-0.15, -0.1) is 0 Å². The van der Waals surface area contributed by atoms with Crippen LogP contribution < -0.4 is 4.74 Å². The van der Waals surface area contributed by atoms with Crippen molar-refractivity contribution in [3.8, 4) is 11.8 Å². The molecule has 86 valence electrons. The lowest BCUT2D eigenvalue weighted by molar-refractivity contribution is 0.408. The van der Waals surface area contributed by atoms with Gasteiger partial charge in [0.25, 0.3) is 0 Å². The number of hydrogen-bond donors (Lipinski definition) is 0. The van der Waals surface area contributed by atoms with E-state index in [4.69, 9.17) is 21.6 Å². The Morgan fingerprint density at radius 1 is 1.44 bits per heavy atom. The Labute approximate surface area is 102 Å². The average Bonchev–Trinajstić information content (AvgIpc) is 2.29. The minimum absolute atomic E-state index is 0.564. The fourth-order valence-electron chi connectivity index (χ4n) is 1.80. The first kappa shape index (κ1) is 12.9. The van der Waals surface area contributed by atoms with Crippen molar-refractivity contribution in [2.75, 3.05) is 7.11 Å². The second-order valence-corrected chi connectivity index (χ2v) is 4.20. The Morgan fingerprint density at radius 3 is 2.69 bits per heavy atom. The number of methoxy groups -OCH3 is 1. The van der Waals surface area contributed by atoms with Gasteiger partial charge in [0.2, 0.25) is 0 Å². The SMILES string of the molecule is COc1cc(C)c(Cl)c(C)c1CCCC#N. The van der Waals surface area contributed by atoms with Gasteiger partial charge in [-0.1, -0.05) is 11.6 Å². The lowest BCUT2D eigenvalue weighted by Gasteiger charge is -2.14. The molecule has 2 nitrogen and oxygen atoms in total. The molecule has 0 saturated carbocycles. The van der Waals surface area contributed by atoms with Crippen molar-refractivity contribution in [2.45, 2.75) is 33.1 Å². The van der Waals surface area contributed by atoms with Crippen molar-refractivity contribution >= 4 is 11.6 Å². The predicted molar refractivity (Wildman–Crippen MR) is 66.0 cm³/mol. The Bertz CT molecular complexity index is 421. The van der Waals surface area contributed by atoms with E-state index in [1.54, 1.807) is 7.11 Å². The molecule has 0 bridgehead atoms. The van der Waals surface area contributed by atoms with Gasteiger partial charge in [-0.3, -0.25) is 0 Å². The zero-order chi connectivity index (χ0) is 12.1. The van der Waals surface area contributed by atoms with Crippen molar-refractivity contribution in [1.29, 1.82) is 5.26 Å². The number of rotatable bonds is 4. The van der Waals surface area contributed by atoms with E-state index in [1.807, 2.05) is 19.9 Å². The number of aryl methyl sites for hydroxylation is 1. The number of ether oxygens (including phenoxy) is 1. The summed E-state index contributed by atoms with van der Waals surface area (Å²) in [6.45, 7) is 3.97. The van der Waals surface area contributed by atoms with Gasteiger partial charge in [-0.05, 0) is 49.4 Å². The first-order chi connectivity index (χ1) is 7.61. The van der Waals surface area contributed by atoms with Crippen molar-refractivity contribution in [3.05, 3.63) is 27.8 Å². The summed E-state index contributed by atoms with van der Waals surface area (Å²) in [4.78, 5) is 0. The molecular formula is C13H16ClNO. The molecule has 0 fully saturated rings. The minimum Gasteiger partial charge on any atom is -0.496 e. The van der Waals surface area contributed by atoms with Gasteiger partial charge in [0.1, 0.15) is 5.75 Å². The van der Waals surface area contributed by atoms with Gasteiger partial charge >= 0.3 is 0 Å². The van der Waals surface area contributed by atoms with Crippen LogP contribution in [0.15, 0.2) is 6.07 Å². The van der Waals surface area contributed by atoms with Crippen molar-refractivity contribution in [3.63, 3.8) is 0 Å². The molecule has 1 rings (SSSR count). The smallest absolute Gasteiger partial charge is 0.122 e. The normalized spacial score (nSPS) is 9.94. The summed E-state index contributed by atoms with van der Waals surface area (Å²) in [5, 5.41) is 9.33. The minimum atomic E-state index is 0.564. The van der Waals surface area contributed by atoms with E-state index in [0.29, 0.717) is 6.42 Å². The molecule has 0 aromatic heterocycles. The van der Waals surface area contributed by atoms with Gasteiger partial charge in [0.05, 0.1) is 13.2 Å². The standard InChI is InChI=1S/C13H16ClNO/c1-9-8-12(16-3)11(6-4-5-7-15)10(2)13(9)14/h8H,4-6H2,1-3H3. The average molecular weight is 238 g/mol. The highest BCUT2D eigenvalue weighted by Crippen LogP contribution is 2.32. The summed E-state index contributed by atoms with van der Waals surface area (Å²) in [5.74, 6) is 0.873. The molecular weight excluding hydrogens is 222 g/mol. The van der Waals surface area contributed by atoms with Gasteiger partial charge in [0.15, 0.2) is 0 Å². The molecule has 16 heavy (non-hydrogen) atoms.